The Bertz CT molecular complexity index is 3390. The van der Waals surface area contributed by atoms with E-state index in [9.17, 15) is 0 Å². The second-order valence-electron chi connectivity index (χ2n) is 15.6. The molecule has 2 heterocycles. The number of benzene rings is 9. The Hall–Kier alpha value is -6.26. The quantitative estimate of drug-likeness (QED) is 0.173. The maximum Gasteiger partial charge on any atom is 0.0543 e. The van der Waals surface area contributed by atoms with Gasteiger partial charge in [0.05, 0.1) is 5.69 Å². The SMILES string of the molecule is CC1(C)c2ccccc2-c2c(N(c3ccc(-c4cccc5ccccc45)cc3)c3ccc4sc5ccc6sc7c8ccccc8ccc7c6c5c4c3)cccc21. The van der Waals surface area contributed by atoms with Crippen molar-refractivity contribution in [2.45, 2.75) is 19.3 Å². The molecule has 0 aliphatic heterocycles. The summed E-state index contributed by atoms with van der Waals surface area (Å²) >= 11 is 3.82. The molecule has 1 nitrogen and oxygen atoms in total. The zero-order chi connectivity index (χ0) is 37.1. The van der Waals surface area contributed by atoms with E-state index in [-0.39, 0.29) is 5.41 Å². The Morgan fingerprint density at radius 3 is 1.91 bits per heavy atom. The lowest BCUT2D eigenvalue weighted by atomic mass is 9.82. The molecule has 1 aliphatic rings. The molecule has 0 amide bonds. The van der Waals surface area contributed by atoms with Crippen molar-refractivity contribution in [3.8, 4) is 22.3 Å². The molecule has 0 bridgehead atoms. The summed E-state index contributed by atoms with van der Waals surface area (Å²) < 4.78 is 5.36. The van der Waals surface area contributed by atoms with Crippen molar-refractivity contribution >= 4 is 102 Å². The van der Waals surface area contributed by atoms with Crippen molar-refractivity contribution in [2.24, 2.45) is 0 Å². The summed E-state index contributed by atoms with van der Waals surface area (Å²) in [6.07, 6.45) is 0. The van der Waals surface area contributed by atoms with E-state index in [1.165, 1.54) is 101 Å². The predicted molar refractivity (Wildman–Crippen MR) is 245 cm³/mol. The van der Waals surface area contributed by atoms with E-state index >= 15 is 0 Å². The van der Waals surface area contributed by atoms with Crippen LogP contribution in [0.3, 0.4) is 0 Å². The number of nitrogens with zero attached hydrogens (tertiary/aromatic N) is 1. The Morgan fingerprint density at radius 2 is 1.05 bits per heavy atom. The van der Waals surface area contributed by atoms with Gasteiger partial charge >= 0.3 is 0 Å². The van der Waals surface area contributed by atoms with E-state index in [0.717, 1.165) is 11.4 Å². The molecule has 0 saturated heterocycles. The van der Waals surface area contributed by atoms with Gasteiger partial charge in [0.2, 0.25) is 0 Å². The van der Waals surface area contributed by atoms with Gasteiger partial charge in [0, 0.05) is 62.7 Å². The van der Waals surface area contributed by atoms with Crippen LogP contribution in [0.4, 0.5) is 17.1 Å². The maximum atomic E-state index is 2.51. The van der Waals surface area contributed by atoms with Crippen molar-refractivity contribution in [3.63, 3.8) is 0 Å². The van der Waals surface area contributed by atoms with Gasteiger partial charge in [-0.25, -0.2) is 0 Å². The van der Waals surface area contributed by atoms with Gasteiger partial charge in [-0.1, -0.05) is 141 Å². The molecule has 11 aromatic rings. The second kappa shape index (κ2) is 11.9. The standard InChI is InChI=1S/C53H35NS2/c1-53(2)43-18-8-7-16-40(43)49-44(53)19-10-20-45(49)54(35-24-21-34(22-25-35)38-17-9-13-32-11-3-5-14-37(32)38)36-26-28-46-42(31-36)51-47(55-46)29-30-48-50(51)41-27-23-33-12-4-6-15-39(33)52(41)56-48/h3-31H,1-2H3. The van der Waals surface area contributed by atoms with Gasteiger partial charge in [-0.15, -0.1) is 22.7 Å². The Morgan fingerprint density at radius 1 is 0.429 bits per heavy atom. The predicted octanol–water partition coefficient (Wildman–Crippen LogP) is 16.2. The first-order valence-electron chi connectivity index (χ1n) is 19.3. The van der Waals surface area contributed by atoms with Crippen LogP contribution < -0.4 is 4.90 Å². The van der Waals surface area contributed by atoms with Gasteiger partial charge in [-0.3, -0.25) is 0 Å². The highest BCUT2D eigenvalue weighted by atomic mass is 32.1. The minimum atomic E-state index is -0.102. The van der Waals surface area contributed by atoms with Crippen molar-refractivity contribution in [2.75, 3.05) is 4.90 Å². The molecule has 0 unspecified atom stereocenters. The van der Waals surface area contributed by atoms with Gasteiger partial charge in [0.25, 0.3) is 0 Å². The van der Waals surface area contributed by atoms with Gasteiger partial charge in [0.1, 0.15) is 0 Å². The second-order valence-corrected chi connectivity index (χ2v) is 17.8. The fourth-order valence-corrected chi connectivity index (χ4v) is 11.9. The Kier molecular flexibility index (Phi) is 6.79. The van der Waals surface area contributed by atoms with Crippen LogP contribution in [0.1, 0.15) is 25.0 Å². The van der Waals surface area contributed by atoms with Crippen molar-refractivity contribution in [1.82, 2.24) is 0 Å². The minimum absolute atomic E-state index is 0.102. The summed E-state index contributed by atoms with van der Waals surface area (Å²) in [7, 11) is 0. The van der Waals surface area contributed by atoms with E-state index in [4.69, 9.17) is 0 Å². The third-order valence-electron chi connectivity index (χ3n) is 12.3. The molecule has 3 heteroatoms. The summed E-state index contributed by atoms with van der Waals surface area (Å²) in [5, 5.41) is 10.6. The highest BCUT2D eigenvalue weighted by Gasteiger charge is 2.37. The van der Waals surface area contributed by atoms with Crippen LogP contribution in [0.5, 0.6) is 0 Å². The van der Waals surface area contributed by atoms with Crippen LogP contribution in [0.25, 0.3) is 84.1 Å². The molecule has 56 heavy (non-hydrogen) atoms. The highest BCUT2D eigenvalue weighted by Crippen LogP contribution is 2.55. The first-order valence-corrected chi connectivity index (χ1v) is 21.0. The first-order chi connectivity index (χ1) is 27.5. The van der Waals surface area contributed by atoms with Crippen molar-refractivity contribution in [3.05, 3.63) is 187 Å². The lowest BCUT2D eigenvalue weighted by Crippen LogP contribution is -2.16. The van der Waals surface area contributed by atoms with Crippen LogP contribution >= 0.6 is 22.7 Å². The zero-order valence-electron chi connectivity index (χ0n) is 31.0. The van der Waals surface area contributed by atoms with E-state index < -0.39 is 0 Å². The number of anilines is 3. The van der Waals surface area contributed by atoms with E-state index in [0.29, 0.717) is 0 Å². The summed E-state index contributed by atoms with van der Waals surface area (Å²) in [6.45, 7) is 4.74. The monoisotopic (exact) mass is 749 g/mol. The summed E-state index contributed by atoms with van der Waals surface area (Å²) in [4.78, 5) is 2.51. The molecule has 0 N–H and O–H groups in total. The molecule has 264 valence electrons. The topological polar surface area (TPSA) is 3.24 Å². The molecule has 0 spiro atoms. The summed E-state index contributed by atoms with van der Waals surface area (Å²) in [5.41, 5.74) is 11.3. The van der Waals surface area contributed by atoms with E-state index in [2.05, 4.69) is 195 Å². The van der Waals surface area contributed by atoms with Gasteiger partial charge in [0.15, 0.2) is 0 Å². The molecule has 0 fully saturated rings. The third kappa shape index (κ3) is 4.53. The largest absolute Gasteiger partial charge is 0.310 e. The lowest BCUT2D eigenvalue weighted by Gasteiger charge is -2.29. The first kappa shape index (κ1) is 32.0. The number of hydrogen-bond donors (Lipinski definition) is 0. The average molecular weight is 750 g/mol. The zero-order valence-corrected chi connectivity index (χ0v) is 32.6. The number of hydrogen-bond acceptors (Lipinski definition) is 3. The van der Waals surface area contributed by atoms with Crippen molar-refractivity contribution < 1.29 is 0 Å². The molecule has 1 aliphatic carbocycles. The summed E-state index contributed by atoms with van der Waals surface area (Å²) in [5.74, 6) is 0. The molecule has 2 aromatic heterocycles. The normalized spacial score (nSPS) is 13.3. The van der Waals surface area contributed by atoms with E-state index in [1.807, 2.05) is 22.7 Å². The maximum absolute atomic E-state index is 2.51. The fourth-order valence-electron chi connectivity index (χ4n) is 9.61. The lowest BCUT2D eigenvalue weighted by molar-refractivity contribution is 0.660. The van der Waals surface area contributed by atoms with Crippen LogP contribution in [0.2, 0.25) is 0 Å². The molecule has 0 atom stereocenters. The Balaban J connectivity index is 1.11. The third-order valence-corrected chi connectivity index (χ3v) is 14.6. The molecule has 9 aromatic carbocycles. The highest BCUT2D eigenvalue weighted by molar-refractivity contribution is 7.28. The van der Waals surface area contributed by atoms with Crippen LogP contribution in [-0.2, 0) is 5.41 Å². The van der Waals surface area contributed by atoms with Crippen molar-refractivity contribution in [1.29, 1.82) is 0 Å². The average Bonchev–Trinajstić information content (AvgIpc) is 3.89. The number of fused-ring (bicyclic) bond motifs is 13. The van der Waals surface area contributed by atoms with E-state index in [1.54, 1.807) is 0 Å². The van der Waals surface area contributed by atoms with Crippen LogP contribution in [-0.4, -0.2) is 0 Å². The minimum Gasteiger partial charge on any atom is -0.310 e. The number of rotatable bonds is 4. The number of thiophene rings is 2. The molecule has 12 rings (SSSR count). The molecular formula is C53H35NS2. The van der Waals surface area contributed by atoms with Gasteiger partial charge in [-0.05, 0) is 97.9 Å². The molecule has 0 radical (unpaired) electrons. The Labute approximate surface area is 333 Å². The van der Waals surface area contributed by atoms with Crippen LogP contribution in [0, 0.1) is 0 Å². The summed E-state index contributed by atoms with van der Waals surface area (Å²) in [6, 6.07) is 65.7. The van der Waals surface area contributed by atoms with Gasteiger partial charge < -0.3 is 4.90 Å². The fraction of sp³-hybridized carbons (Fsp3) is 0.0566. The molecule has 0 saturated carbocycles. The molecular weight excluding hydrogens is 715 g/mol. The van der Waals surface area contributed by atoms with Gasteiger partial charge in [-0.2, -0.15) is 0 Å². The van der Waals surface area contributed by atoms with Crippen LogP contribution in [0.15, 0.2) is 176 Å². The smallest absolute Gasteiger partial charge is 0.0543 e.